The van der Waals surface area contributed by atoms with E-state index in [0.29, 0.717) is 18.4 Å². The highest BCUT2D eigenvalue weighted by molar-refractivity contribution is 5.77. The van der Waals surface area contributed by atoms with Gasteiger partial charge in [0, 0.05) is 45.0 Å². The van der Waals surface area contributed by atoms with Gasteiger partial charge >= 0.3 is 0 Å². The van der Waals surface area contributed by atoms with E-state index < -0.39 is 0 Å². The summed E-state index contributed by atoms with van der Waals surface area (Å²) in [5, 5.41) is 3.15. The number of hydrogen-bond donors (Lipinski definition) is 2. The van der Waals surface area contributed by atoms with E-state index in [-0.39, 0.29) is 0 Å². The Bertz CT molecular complexity index is 554. The summed E-state index contributed by atoms with van der Waals surface area (Å²) in [5.41, 5.74) is 8.42. The molecule has 1 aromatic rings. The molecule has 0 atom stereocenters. The molecule has 2 aliphatic rings. The van der Waals surface area contributed by atoms with E-state index in [1.807, 2.05) is 0 Å². The van der Waals surface area contributed by atoms with Crippen molar-refractivity contribution in [3.63, 3.8) is 0 Å². The van der Waals surface area contributed by atoms with Crippen molar-refractivity contribution in [1.82, 2.24) is 10.2 Å². The standard InChI is InChI=1S/C20H33N5/c1-16(2)13-22-20(21)23-14-17-5-7-19(8-6-17)25-11-9-24(10-12-25)15-18-3-4-18/h5-8,16,18H,3-4,9-15H2,1-2H3,(H3,21,22,23). The normalized spacial score (nSPS) is 19.5. The first-order valence-corrected chi connectivity index (χ1v) is 9.70. The molecule has 1 saturated heterocycles. The van der Waals surface area contributed by atoms with Crippen molar-refractivity contribution in [3.05, 3.63) is 29.8 Å². The third-order valence-electron chi connectivity index (χ3n) is 5.01. The Morgan fingerprint density at radius 1 is 1.16 bits per heavy atom. The molecule has 0 unspecified atom stereocenters. The number of nitrogens with zero attached hydrogens (tertiary/aromatic N) is 3. The van der Waals surface area contributed by atoms with Crippen molar-refractivity contribution in [2.45, 2.75) is 33.2 Å². The maximum Gasteiger partial charge on any atom is 0.188 e. The van der Waals surface area contributed by atoms with Gasteiger partial charge in [-0.1, -0.05) is 26.0 Å². The number of hydrogen-bond acceptors (Lipinski definition) is 3. The first-order chi connectivity index (χ1) is 12.1. The molecule has 0 aromatic heterocycles. The van der Waals surface area contributed by atoms with Crippen LogP contribution in [0, 0.1) is 11.8 Å². The van der Waals surface area contributed by atoms with Gasteiger partial charge in [-0.2, -0.15) is 0 Å². The molecule has 5 heteroatoms. The maximum atomic E-state index is 5.89. The molecule has 1 heterocycles. The zero-order valence-corrected chi connectivity index (χ0v) is 15.7. The summed E-state index contributed by atoms with van der Waals surface area (Å²) >= 11 is 0. The summed E-state index contributed by atoms with van der Waals surface area (Å²) in [6.45, 7) is 11.8. The predicted molar refractivity (Wildman–Crippen MR) is 106 cm³/mol. The lowest BCUT2D eigenvalue weighted by Gasteiger charge is -2.36. The van der Waals surface area contributed by atoms with Crippen LogP contribution in [0.4, 0.5) is 5.69 Å². The molecule has 1 aliphatic carbocycles. The van der Waals surface area contributed by atoms with Gasteiger partial charge in [-0.15, -0.1) is 0 Å². The van der Waals surface area contributed by atoms with E-state index in [1.54, 1.807) is 0 Å². The first kappa shape index (κ1) is 18.1. The smallest absolute Gasteiger partial charge is 0.188 e. The Morgan fingerprint density at radius 3 is 2.44 bits per heavy atom. The van der Waals surface area contributed by atoms with Crippen molar-refractivity contribution in [3.8, 4) is 0 Å². The number of piperazine rings is 1. The SMILES string of the molecule is CC(C)CNC(N)=NCc1ccc(N2CCN(CC3CC3)CC2)cc1. The molecule has 138 valence electrons. The maximum absolute atomic E-state index is 5.89. The van der Waals surface area contributed by atoms with Crippen LogP contribution in [0.15, 0.2) is 29.3 Å². The van der Waals surface area contributed by atoms with Gasteiger partial charge in [-0.3, -0.25) is 4.90 Å². The summed E-state index contributed by atoms with van der Waals surface area (Å²) in [5.74, 6) is 2.09. The minimum atomic E-state index is 0.532. The molecule has 1 aromatic carbocycles. The fraction of sp³-hybridized carbons (Fsp3) is 0.650. The van der Waals surface area contributed by atoms with E-state index in [0.717, 1.165) is 25.6 Å². The third-order valence-corrected chi connectivity index (χ3v) is 5.01. The first-order valence-electron chi connectivity index (χ1n) is 9.70. The molecule has 5 nitrogen and oxygen atoms in total. The lowest BCUT2D eigenvalue weighted by Crippen LogP contribution is -2.47. The van der Waals surface area contributed by atoms with Gasteiger partial charge in [-0.05, 0) is 42.4 Å². The molecule has 3 N–H and O–H groups in total. The van der Waals surface area contributed by atoms with Crippen LogP contribution in [0.5, 0.6) is 0 Å². The van der Waals surface area contributed by atoms with E-state index in [1.165, 1.54) is 43.7 Å². The molecular weight excluding hydrogens is 310 g/mol. The molecule has 2 fully saturated rings. The second-order valence-electron chi connectivity index (χ2n) is 7.87. The average molecular weight is 344 g/mol. The zero-order chi connectivity index (χ0) is 17.6. The van der Waals surface area contributed by atoms with Crippen LogP contribution < -0.4 is 16.0 Å². The van der Waals surface area contributed by atoms with E-state index in [9.17, 15) is 0 Å². The van der Waals surface area contributed by atoms with Crippen molar-refractivity contribution in [2.75, 3.05) is 44.2 Å². The molecular formula is C20H33N5. The van der Waals surface area contributed by atoms with Crippen LogP contribution in [0.3, 0.4) is 0 Å². The number of anilines is 1. The Labute approximate surface area is 152 Å². The number of nitrogens with two attached hydrogens (primary N) is 1. The lowest BCUT2D eigenvalue weighted by atomic mass is 10.1. The number of rotatable bonds is 7. The summed E-state index contributed by atoms with van der Waals surface area (Å²) in [6.07, 6.45) is 2.89. The van der Waals surface area contributed by atoms with Gasteiger partial charge in [0.05, 0.1) is 6.54 Å². The Morgan fingerprint density at radius 2 is 1.84 bits per heavy atom. The minimum Gasteiger partial charge on any atom is -0.370 e. The summed E-state index contributed by atoms with van der Waals surface area (Å²) < 4.78 is 0. The van der Waals surface area contributed by atoms with Gasteiger partial charge in [0.2, 0.25) is 0 Å². The fourth-order valence-electron chi connectivity index (χ4n) is 3.21. The van der Waals surface area contributed by atoms with E-state index >= 15 is 0 Å². The topological polar surface area (TPSA) is 56.9 Å². The van der Waals surface area contributed by atoms with Crippen molar-refractivity contribution in [1.29, 1.82) is 0 Å². The summed E-state index contributed by atoms with van der Waals surface area (Å²) in [7, 11) is 0. The average Bonchev–Trinajstić information content (AvgIpc) is 3.43. The van der Waals surface area contributed by atoms with Crippen molar-refractivity contribution >= 4 is 11.6 Å². The fourth-order valence-corrected chi connectivity index (χ4v) is 3.21. The van der Waals surface area contributed by atoms with Crippen LogP contribution >= 0.6 is 0 Å². The minimum absolute atomic E-state index is 0.532. The molecule has 3 rings (SSSR count). The van der Waals surface area contributed by atoms with Crippen LogP contribution in [0.1, 0.15) is 32.3 Å². The van der Waals surface area contributed by atoms with Crippen LogP contribution in [0.2, 0.25) is 0 Å². The predicted octanol–water partition coefficient (Wildman–Crippen LogP) is 2.28. The monoisotopic (exact) mass is 343 g/mol. The lowest BCUT2D eigenvalue weighted by molar-refractivity contribution is 0.248. The highest BCUT2D eigenvalue weighted by atomic mass is 15.3. The van der Waals surface area contributed by atoms with Gasteiger partial charge in [-0.25, -0.2) is 4.99 Å². The molecule has 1 aliphatic heterocycles. The second kappa shape index (κ2) is 8.56. The van der Waals surface area contributed by atoms with Crippen LogP contribution in [0.25, 0.3) is 0 Å². The number of aliphatic imine (C=N–C) groups is 1. The number of guanidine groups is 1. The van der Waals surface area contributed by atoms with Gasteiger partial charge in [0.15, 0.2) is 5.96 Å². The van der Waals surface area contributed by atoms with Crippen LogP contribution in [-0.4, -0.2) is 50.1 Å². The van der Waals surface area contributed by atoms with E-state index in [2.05, 4.69) is 58.2 Å². The molecule has 0 spiro atoms. The van der Waals surface area contributed by atoms with Crippen LogP contribution in [-0.2, 0) is 6.54 Å². The number of benzene rings is 1. The summed E-state index contributed by atoms with van der Waals surface area (Å²) in [6, 6.07) is 8.79. The Balaban J connectivity index is 1.44. The molecule has 25 heavy (non-hydrogen) atoms. The molecule has 0 amide bonds. The quantitative estimate of drug-likeness (QED) is 0.589. The highest BCUT2D eigenvalue weighted by Crippen LogP contribution is 2.30. The third kappa shape index (κ3) is 5.92. The summed E-state index contributed by atoms with van der Waals surface area (Å²) in [4.78, 5) is 9.54. The van der Waals surface area contributed by atoms with Crippen molar-refractivity contribution in [2.24, 2.45) is 22.6 Å². The Kier molecular flexibility index (Phi) is 6.19. The van der Waals surface area contributed by atoms with E-state index in [4.69, 9.17) is 5.73 Å². The molecule has 0 bridgehead atoms. The van der Waals surface area contributed by atoms with Gasteiger partial charge in [0.1, 0.15) is 0 Å². The Hall–Kier alpha value is -1.75. The molecule has 1 saturated carbocycles. The highest BCUT2D eigenvalue weighted by Gasteiger charge is 2.26. The zero-order valence-electron chi connectivity index (χ0n) is 15.7. The van der Waals surface area contributed by atoms with Crippen molar-refractivity contribution < 1.29 is 0 Å². The largest absolute Gasteiger partial charge is 0.370 e. The number of nitrogens with one attached hydrogen (secondary N) is 1. The van der Waals surface area contributed by atoms with Gasteiger partial charge < -0.3 is 16.0 Å². The van der Waals surface area contributed by atoms with Gasteiger partial charge in [0.25, 0.3) is 0 Å². The second-order valence-corrected chi connectivity index (χ2v) is 7.87. The molecule has 0 radical (unpaired) electrons.